The van der Waals surface area contributed by atoms with Crippen LogP contribution in [-0.4, -0.2) is 20.7 Å². The summed E-state index contributed by atoms with van der Waals surface area (Å²) in [7, 11) is 0. The van der Waals surface area contributed by atoms with Gasteiger partial charge >= 0.3 is 0 Å². The molecule has 0 saturated heterocycles. The average Bonchev–Trinajstić information content (AvgIpc) is 2.98. The molecule has 1 atom stereocenters. The number of carbonyl (C=O) groups excluding carboxylic acids is 1. The number of hydrogen-bond acceptors (Lipinski definition) is 3. The van der Waals surface area contributed by atoms with Gasteiger partial charge in [-0.3, -0.25) is 9.48 Å². The maximum atomic E-state index is 13.7. The fourth-order valence-corrected chi connectivity index (χ4v) is 2.01. The Bertz CT molecular complexity index is 601. The number of aryl methyl sites for hydroxylation is 1. The smallest absolute Gasteiger partial charge is 0.222 e. The quantitative estimate of drug-likeness (QED) is 0.888. The van der Waals surface area contributed by atoms with Gasteiger partial charge in [0.15, 0.2) is 0 Å². The Kier molecular flexibility index (Phi) is 4.97. The van der Waals surface area contributed by atoms with Gasteiger partial charge in [0, 0.05) is 12.0 Å². The molecule has 0 aliphatic heterocycles. The van der Waals surface area contributed by atoms with Crippen molar-refractivity contribution in [2.75, 3.05) is 0 Å². The molecule has 0 bridgehead atoms. The van der Waals surface area contributed by atoms with E-state index in [2.05, 4.69) is 15.4 Å². The summed E-state index contributed by atoms with van der Waals surface area (Å²) < 4.78 is 28.5. The molecular formula is C14H16F2N4O. The predicted octanol–water partition coefficient (Wildman–Crippen LogP) is 2.21. The van der Waals surface area contributed by atoms with E-state index in [1.54, 1.807) is 6.92 Å². The zero-order chi connectivity index (χ0) is 15.2. The molecule has 1 aromatic heterocycles. The summed E-state index contributed by atoms with van der Waals surface area (Å²) >= 11 is 0. The van der Waals surface area contributed by atoms with Crippen LogP contribution in [0.4, 0.5) is 8.78 Å². The van der Waals surface area contributed by atoms with Crippen LogP contribution < -0.4 is 5.32 Å². The number of hydrogen-bond donors (Lipinski definition) is 1. The van der Waals surface area contributed by atoms with Gasteiger partial charge in [0.25, 0.3) is 0 Å². The Labute approximate surface area is 121 Å². The zero-order valence-electron chi connectivity index (χ0n) is 11.6. The first-order chi connectivity index (χ1) is 10.1. The third-order valence-electron chi connectivity index (χ3n) is 3.11. The van der Waals surface area contributed by atoms with Crippen LogP contribution in [-0.2, 0) is 11.3 Å². The largest absolute Gasteiger partial charge is 0.349 e. The summed E-state index contributed by atoms with van der Waals surface area (Å²) in [4.78, 5) is 15.7. The second-order valence-corrected chi connectivity index (χ2v) is 4.60. The number of nitrogens with one attached hydrogen (secondary N) is 1. The minimum atomic E-state index is -0.552. The Morgan fingerprint density at radius 2 is 2.24 bits per heavy atom. The van der Waals surface area contributed by atoms with Gasteiger partial charge in [-0.2, -0.15) is 5.10 Å². The third kappa shape index (κ3) is 4.08. The topological polar surface area (TPSA) is 59.8 Å². The third-order valence-corrected chi connectivity index (χ3v) is 3.11. The van der Waals surface area contributed by atoms with Crippen LogP contribution in [0, 0.1) is 11.6 Å². The van der Waals surface area contributed by atoms with Crippen molar-refractivity contribution >= 4 is 5.91 Å². The van der Waals surface area contributed by atoms with Crippen LogP contribution in [0.5, 0.6) is 0 Å². The fourth-order valence-electron chi connectivity index (χ4n) is 2.01. The first-order valence-corrected chi connectivity index (χ1v) is 6.67. The first kappa shape index (κ1) is 15.1. The standard InChI is InChI=1S/C14H16F2N4O/c1-2-13(11-7-10(15)3-4-12(11)16)19-14(21)5-6-20-9-17-8-18-20/h3-4,7-9,13H,2,5-6H2,1H3,(H,19,21)/t13-/m1/s1. The van der Waals surface area contributed by atoms with Gasteiger partial charge in [-0.25, -0.2) is 13.8 Å². The lowest BCUT2D eigenvalue weighted by Crippen LogP contribution is -2.29. The molecule has 0 radical (unpaired) electrons. The summed E-state index contributed by atoms with van der Waals surface area (Å²) in [5.41, 5.74) is 0.159. The van der Waals surface area contributed by atoms with Crippen molar-refractivity contribution < 1.29 is 13.6 Å². The van der Waals surface area contributed by atoms with E-state index in [1.165, 1.54) is 17.3 Å². The summed E-state index contributed by atoms with van der Waals surface area (Å²) in [6.07, 6.45) is 3.55. The highest BCUT2D eigenvalue weighted by Gasteiger charge is 2.17. The Morgan fingerprint density at radius 3 is 2.90 bits per heavy atom. The van der Waals surface area contributed by atoms with E-state index in [-0.39, 0.29) is 17.9 Å². The summed E-state index contributed by atoms with van der Waals surface area (Å²) in [6, 6.07) is 2.68. The number of carbonyl (C=O) groups is 1. The van der Waals surface area contributed by atoms with Crippen LogP contribution in [0.25, 0.3) is 0 Å². The van der Waals surface area contributed by atoms with Crippen molar-refractivity contribution in [2.45, 2.75) is 32.4 Å². The molecule has 1 amide bonds. The van der Waals surface area contributed by atoms with Crippen LogP contribution >= 0.6 is 0 Å². The van der Waals surface area contributed by atoms with Gasteiger partial charge < -0.3 is 5.32 Å². The number of amides is 1. The van der Waals surface area contributed by atoms with Crippen LogP contribution in [0.2, 0.25) is 0 Å². The van der Waals surface area contributed by atoms with Crippen LogP contribution in [0.15, 0.2) is 30.9 Å². The van der Waals surface area contributed by atoms with Crippen molar-refractivity contribution in [2.24, 2.45) is 0 Å². The highest BCUT2D eigenvalue weighted by molar-refractivity contribution is 5.76. The molecule has 0 fully saturated rings. The van der Waals surface area contributed by atoms with E-state index in [9.17, 15) is 13.6 Å². The maximum Gasteiger partial charge on any atom is 0.222 e. The summed E-state index contributed by atoms with van der Waals surface area (Å²) in [6.45, 7) is 2.18. The van der Waals surface area contributed by atoms with E-state index in [0.29, 0.717) is 13.0 Å². The van der Waals surface area contributed by atoms with Crippen molar-refractivity contribution in [3.63, 3.8) is 0 Å². The second-order valence-electron chi connectivity index (χ2n) is 4.60. The van der Waals surface area contributed by atoms with E-state index in [0.717, 1.165) is 18.2 Å². The lowest BCUT2D eigenvalue weighted by molar-refractivity contribution is -0.122. The monoisotopic (exact) mass is 294 g/mol. The molecule has 0 aliphatic carbocycles. The number of benzene rings is 1. The van der Waals surface area contributed by atoms with Crippen molar-refractivity contribution in [1.29, 1.82) is 0 Å². The normalized spacial score (nSPS) is 12.1. The Hall–Kier alpha value is -2.31. The number of halogens is 2. The van der Waals surface area contributed by atoms with Crippen LogP contribution in [0.3, 0.4) is 0 Å². The molecule has 21 heavy (non-hydrogen) atoms. The average molecular weight is 294 g/mol. The first-order valence-electron chi connectivity index (χ1n) is 6.67. The lowest BCUT2D eigenvalue weighted by atomic mass is 10.0. The molecule has 1 N–H and O–H groups in total. The second kappa shape index (κ2) is 6.92. The highest BCUT2D eigenvalue weighted by Crippen LogP contribution is 2.21. The summed E-state index contributed by atoms with van der Waals surface area (Å²) in [5, 5.41) is 6.59. The van der Waals surface area contributed by atoms with Crippen molar-refractivity contribution in [3.05, 3.63) is 48.1 Å². The number of rotatable bonds is 6. The Morgan fingerprint density at radius 1 is 1.43 bits per heavy atom. The van der Waals surface area contributed by atoms with Gasteiger partial charge in [-0.1, -0.05) is 6.92 Å². The molecule has 1 aromatic carbocycles. The number of aromatic nitrogens is 3. The van der Waals surface area contributed by atoms with Gasteiger partial charge in [0.2, 0.25) is 5.91 Å². The minimum Gasteiger partial charge on any atom is -0.349 e. The number of nitrogens with zero attached hydrogens (tertiary/aromatic N) is 3. The van der Waals surface area contributed by atoms with Crippen LogP contribution in [0.1, 0.15) is 31.4 Å². The molecule has 2 aromatic rings. The molecule has 2 rings (SSSR count). The fraction of sp³-hybridized carbons (Fsp3) is 0.357. The van der Waals surface area contributed by atoms with Gasteiger partial charge in [0.05, 0.1) is 12.6 Å². The molecule has 0 saturated carbocycles. The molecule has 112 valence electrons. The van der Waals surface area contributed by atoms with E-state index in [1.807, 2.05) is 0 Å². The predicted molar refractivity (Wildman–Crippen MR) is 72.2 cm³/mol. The van der Waals surface area contributed by atoms with E-state index < -0.39 is 17.7 Å². The van der Waals surface area contributed by atoms with Crippen molar-refractivity contribution in [3.8, 4) is 0 Å². The molecule has 0 unspecified atom stereocenters. The van der Waals surface area contributed by atoms with E-state index >= 15 is 0 Å². The summed E-state index contributed by atoms with van der Waals surface area (Å²) in [5.74, 6) is -1.30. The Balaban J connectivity index is 1.98. The van der Waals surface area contributed by atoms with Gasteiger partial charge in [0.1, 0.15) is 24.3 Å². The molecule has 0 spiro atoms. The maximum absolute atomic E-state index is 13.7. The lowest BCUT2D eigenvalue weighted by Gasteiger charge is -2.18. The van der Waals surface area contributed by atoms with Crippen molar-refractivity contribution in [1.82, 2.24) is 20.1 Å². The van der Waals surface area contributed by atoms with Gasteiger partial charge in [-0.05, 0) is 24.6 Å². The molecule has 0 aliphatic rings. The molecular weight excluding hydrogens is 278 g/mol. The van der Waals surface area contributed by atoms with Gasteiger partial charge in [-0.15, -0.1) is 0 Å². The van der Waals surface area contributed by atoms with E-state index in [4.69, 9.17) is 0 Å². The highest BCUT2D eigenvalue weighted by atomic mass is 19.1. The molecule has 1 heterocycles. The molecule has 7 heteroatoms. The minimum absolute atomic E-state index is 0.159. The zero-order valence-corrected chi connectivity index (χ0v) is 11.6. The SMILES string of the molecule is CC[C@@H](NC(=O)CCn1cncn1)c1cc(F)ccc1F. The molecule has 5 nitrogen and oxygen atoms in total.